The number of nitriles is 1. The molecule has 0 N–H and O–H groups in total. The molecule has 0 bridgehead atoms. The van der Waals surface area contributed by atoms with Crippen LogP contribution in [-0.4, -0.2) is 6.71 Å². The highest BCUT2D eigenvalue weighted by atomic mass is 35.5. The SMILES string of the molecule is CC1CCB(C#N)C(c2c(F)cc(C(F)(F)F)cc2Cl)C1. The van der Waals surface area contributed by atoms with Crippen LogP contribution in [0.1, 0.15) is 36.7 Å². The quantitative estimate of drug-likeness (QED) is 0.521. The Morgan fingerprint density at radius 1 is 1.38 bits per heavy atom. The van der Waals surface area contributed by atoms with Gasteiger partial charge in [-0.2, -0.15) is 13.2 Å². The van der Waals surface area contributed by atoms with Crippen LogP contribution in [0.25, 0.3) is 0 Å². The van der Waals surface area contributed by atoms with E-state index in [1.54, 1.807) is 0 Å². The summed E-state index contributed by atoms with van der Waals surface area (Å²) in [6.07, 6.45) is -2.62. The number of nitrogens with zero attached hydrogens (tertiary/aromatic N) is 1. The molecular formula is C14H13BClF4N. The average Bonchev–Trinajstić information content (AvgIpc) is 2.37. The Hall–Kier alpha value is -1.22. The van der Waals surface area contributed by atoms with Gasteiger partial charge in [0.25, 0.3) is 6.71 Å². The Morgan fingerprint density at radius 2 is 2.05 bits per heavy atom. The second kappa shape index (κ2) is 5.88. The van der Waals surface area contributed by atoms with Gasteiger partial charge in [-0.1, -0.05) is 31.3 Å². The first-order chi connectivity index (χ1) is 9.74. The maximum absolute atomic E-state index is 14.2. The molecule has 2 unspecified atom stereocenters. The predicted octanol–water partition coefficient (Wildman–Crippen LogP) is 5.11. The lowest BCUT2D eigenvalue weighted by Crippen LogP contribution is -2.30. The first kappa shape index (κ1) is 16.2. The summed E-state index contributed by atoms with van der Waals surface area (Å²) in [4.78, 5) is 0. The molecule has 1 aromatic carbocycles. The van der Waals surface area contributed by atoms with Crippen molar-refractivity contribution in [2.75, 3.05) is 0 Å². The summed E-state index contributed by atoms with van der Waals surface area (Å²) in [5, 5.41) is 8.93. The molecular weight excluding hydrogens is 304 g/mol. The van der Waals surface area contributed by atoms with E-state index in [0.29, 0.717) is 18.8 Å². The van der Waals surface area contributed by atoms with Gasteiger partial charge in [-0.15, -0.1) is 0 Å². The molecule has 1 fully saturated rings. The van der Waals surface area contributed by atoms with Crippen molar-refractivity contribution in [1.82, 2.24) is 0 Å². The summed E-state index contributed by atoms with van der Waals surface area (Å²) in [5.74, 6) is 0.986. The van der Waals surface area contributed by atoms with E-state index < -0.39 is 30.1 Å². The molecule has 1 aliphatic rings. The average molecular weight is 318 g/mol. The molecule has 2 atom stereocenters. The molecule has 1 saturated heterocycles. The van der Waals surface area contributed by atoms with Crippen LogP contribution in [-0.2, 0) is 6.18 Å². The van der Waals surface area contributed by atoms with Crippen LogP contribution >= 0.6 is 11.6 Å². The Morgan fingerprint density at radius 3 is 2.57 bits per heavy atom. The molecule has 0 amide bonds. The first-order valence-electron chi connectivity index (χ1n) is 6.69. The summed E-state index contributed by atoms with van der Waals surface area (Å²) in [6.45, 7) is 1.57. The zero-order chi connectivity index (χ0) is 15.8. The molecule has 2 rings (SSSR count). The van der Waals surface area contributed by atoms with Crippen molar-refractivity contribution in [3.8, 4) is 5.97 Å². The van der Waals surface area contributed by atoms with Gasteiger partial charge in [0.05, 0.1) is 5.56 Å². The maximum Gasteiger partial charge on any atom is 0.416 e. The molecule has 1 nitrogen and oxygen atoms in total. The minimum atomic E-state index is -4.64. The standard InChI is InChI=1S/C14H13BClF4N/c1-8-2-3-15(7-21)10(4-8)13-11(16)5-9(6-12(13)17)14(18,19)20/h5-6,8,10H,2-4H2,1H3. The zero-order valence-electron chi connectivity index (χ0n) is 11.3. The van der Waals surface area contributed by atoms with E-state index in [2.05, 4.69) is 5.97 Å². The summed E-state index contributed by atoms with van der Waals surface area (Å²) >= 11 is 5.89. The zero-order valence-corrected chi connectivity index (χ0v) is 12.1. The predicted molar refractivity (Wildman–Crippen MR) is 73.7 cm³/mol. The van der Waals surface area contributed by atoms with Crippen LogP contribution in [0, 0.1) is 23.0 Å². The Labute approximate surface area is 126 Å². The molecule has 0 spiro atoms. The summed E-state index contributed by atoms with van der Waals surface area (Å²) in [7, 11) is 0. The monoisotopic (exact) mass is 317 g/mol. The number of benzene rings is 1. The van der Waals surface area contributed by atoms with Crippen LogP contribution in [0.5, 0.6) is 0 Å². The van der Waals surface area contributed by atoms with Crippen molar-refractivity contribution in [3.05, 3.63) is 34.1 Å². The van der Waals surface area contributed by atoms with Crippen LogP contribution in [0.2, 0.25) is 11.3 Å². The third-order valence-corrected chi connectivity index (χ3v) is 4.37. The van der Waals surface area contributed by atoms with Gasteiger partial charge in [-0.05, 0) is 30.3 Å². The fourth-order valence-electron chi connectivity index (χ4n) is 2.96. The first-order valence-corrected chi connectivity index (χ1v) is 7.07. The smallest absolute Gasteiger partial charge is 0.213 e. The molecule has 0 radical (unpaired) electrons. The van der Waals surface area contributed by atoms with Crippen LogP contribution in [0.3, 0.4) is 0 Å². The summed E-state index contributed by atoms with van der Waals surface area (Å²) in [6, 6.07) is 1.21. The van der Waals surface area contributed by atoms with E-state index in [1.807, 2.05) is 6.92 Å². The molecule has 0 aromatic heterocycles. The summed E-state index contributed by atoms with van der Waals surface area (Å²) in [5.41, 5.74) is -1.06. The Kier molecular flexibility index (Phi) is 4.53. The van der Waals surface area contributed by atoms with Gasteiger partial charge in [-0.25, -0.2) is 9.65 Å². The fraction of sp³-hybridized carbons (Fsp3) is 0.500. The van der Waals surface area contributed by atoms with Gasteiger partial charge in [0.2, 0.25) is 0 Å². The van der Waals surface area contributed by atoms with E-state index in [9.17, 15) is 22.8 Å². The number of alkyl halides is 3. The van der Waals surface area contributed by atoms with Gasteiger partial charge < -0.3 is 0 Å². The Balaban J connectivity index is 2.46. The van der Waals surface area contributed by atoms with E-state index in [-0.39, 0.29) is 16.5 Å². The van der Waals surface area contributed by atoms with Crippen molar-refractivity contribution in [2.45, 2.75) is 38.1 Å². The van der Waals surface area contributed by atoms with E-state index in [1.165, 1.54) is 0 Å². The highest BCUT2D eigenvalue weighted by molar-refractivity contribution is 6.68. The highest BCUT2D eigenvalue weighted by Gasteiger charge is 2.38. The van der Waals surface area contributed by atoms with E-state index in [0.717, 1.165) is 12.5 Å². The molecule has 1 aromatic rings. The second-order valence-corrected chi connectivity index (χ2v) is 6.02. The van der Waals surface area contributed by atoms with Crippen LogP contribution in [0.15, 0.2) is 12.1 Å². The minimum Gasteiger partial charge on any atom is -0.213 e. The van der Waals surface area contributed by atoms with Crippen molar-refractivity contribution >= 4 is 18.3 Å². The van der Waals surface area contributed by atoms with Gasteiger partial charge in [0.1, 0.15) is 5.82 Å². The van der Waals surface area contributed by atoms with Gasteiger partial charge in [0, 0.05) is 16.6 Å². The van der Waals surface area contributed by atoms with Gasteiger partial charge >= 0.3 is 6.18 Å². The lowest BCUT2D eigenvalue weighted by atomic mass is 9.34. The molecule has 1 heterocycles. The topological polar surface area (TPSA) is 23.8 Å². The van der Waals surface area contributed by atoms with Gasteiger partial charge in [-0.3, -0.25) is 0 Å². The Bertz CT molecular complexity index is 558. The highest BCUT2D eigenvalue weighted by Crippen LogP contribution is 2.42. The lowest BCUT2D eigenvalue weighted by Gasteiger charge is -2.30. The molecule has 112 valence electrons. The molecule has 0 aliphatic carbocycles. The lowest BCUT2D eigenvalue weighted by molar-refractivity contribution is -0.137. The number of hydrogen-bond donors (Lipinski definition) is 0. The molecule has 21 heavy (non-hydrogen) atoms. The molecule has 7 heteroatoms. The van der Waals surface area contributed by atoms with Gasteiger partial charge in [0.15, 0.2) is 0 Å². The number of hydrogen-bond acceptors (Lipinski definition) is 1. The normalized spacial score (nSPS) is 23.0. The third kappa shape index (κ3) is 3.34. The van der Waals surface area contributed by atoms with E-state index >= 15 is 0 Å². The maximum atomic E-state index is 14.2. The van der Waals surface area contributed by atoms with Crippen molar-refractivity contribution in [1.29, 1.82) is 5.26 Å². The fourth-order valence-corrected chi connectivity index (χ4v) is 3.30. The van der Waals surface area contributed by atoms with Crippen LogP contribution < -0.4 is 0 Å². The molecule has 0 saturated carbocycles. The van der Waals surface area contributed by atoms with Crippen molar-refractivity contribution < 1.29 is 17.6 Å². The van der Waals surface area contributed by atoms with E-state index in [4.69, 9.17) is 11.6 Å². The minimum absolute atomic E-state index is 0.0442. The second-order valence-electron chi connectivity index (χ2n) is 5.61. The van der Waals surface area contributed by atoms with Crippen LogP contribution in [0.4, 0.5) is 17.6 Å². The van der Waals surface area contributed by atoms with Crippen molar-refractivity contribution in [2.24, 2.45) is 5.92 Å². The number of halogens is 5. The third-order valence-electron chi connectivity index (χ3n) is 4.06. The number of rotatable bonds is 1. The largest absolute Gasteiger partial charge is 0.416 e. The summed E-state index contributed by atoms with van der Waals surface area (Å²) < 4.78 is 52.1. The molecule has 1 aliphatic heterocycles. The van der Waals surface area contributed by atoms with Crippen molar-refractivity contribution in [3.63, 3.8) is 0 Å².